The molecule has 2 N–H and O–H groups in total. The molecule has 1 unspecified atom stereocenters. The van der Waals surface area contributed by atoms with Crippen LogP contribution in [-0.2, 0) is 11.0 Å². The smallest absolute Gasteiger partial charge is 0.410 e. The number of nitriles is 1. The number of rotatable bonds is 2. The molecule has 0 fully saturated rings. The van der Waals surface area contributed by atoms with Gasteiger partial charge in [0.15, 0.2) is 0 Å². The Morgan fingerprint density at radius 3 is 2.20 bits per heavy atom. The number of ether oxygens (including phenoxy) is 1. The molecule has 0 saturated heterocycles. The summed E-state index contributed by atoms with van der Waals surface area (Å²) < 4.78 is 79.7. The molecular weight excluding hydrogens is 362 g/mol. The number of halogens is 6. The van der Waals surface area contributed by atoms with Crippen molar-refractivity contribution in [3.05, 3.63) is 29.3 Å². The molecule has 12 heteroatoms. The molecule has 1 aromatic rings. The van der Waals surface area contributed by atoms with Gasteiger partial charge in [-0.15, -0.1) is 0 Å². The van der Waals surface area contributed by atoms with Gasteiger partial charge in [-0.25, -0.2) is 4.79 Å². The highest BCUT2D eigenvalue weighted by atomic mass is 19.4. The summed E-state index contributed by atoms with van der Waals surface area (Å²) in [6, 6.07) is 2.95. The van der Waals surface area contributed by atoms with Crippen LogP contribution in [0.25, 0.3) is 0 Å². The molecule has 0 saturated carbocycles. The van der Waals surface area contributed by atoms with E-state index in [4.69, 9.17) is 10.4 Å². The average Bonchev–Trinajstić information content (AvgIpc) is 2.44. The number of carbonyl (C=O) groups excluding carboxylic acids is 2. The van der Waals surface area contributed by atoms with E-state index in [0.717, 1.165) is 11.4 Å². The van der Waals surface area contributed by atoms with Gasteiger partial charge in [0, 0.05) is 0 Å². The van der Waals surface area contributed by atoms with Gasteiger partial charge in [-0.1, -0.05) is 0 Å². The molecule has 25 heavy (non-hydrogen) atoms. The SMILES string of the molecule is CC(O)(C(=O)NC(=O)Oc1ccc(C#N)c(C(F)(F)F)c1)C(F)(F)F. The van der Waals surface area contributed by atoms with E-state index in [9.17, 15) is 35.9 Å². The van der Waals surface area contributed by atoms with E-state index >= 15 is 0 Å². The fraction of sp³-hybridized carbons (Fsp3) is 0.308. The highest BCUT2D eigenvalue weighted by Gasteiger charge is 2.56. The Morgan fingerprint density at radius 2 is 1.76 bits per heavy atom. The minimum absolute atomic E-state index is 0.0685. The van der Waals surface area contributed by atoms with E-state index < -0.39 is 46.8 Å². The number of hydrogen-bond donors (Lipinski definition) is 2. The summed E-state index contributed by atoms with van der Waals surface area (Å²) in [5.41, 5.74) is -6.15. The average molecular weight is 370 g/mol. The summed E-state index contributed by atoms with van der Waals surface area (Å²) in [6.45, 7) is 0.0685. The van der Waals surface area contributed by atoms with Gasteiger partial charge in [-0.2, -0.15) is 31.6 Å². The van der Waals surface area contributed by atoms with Crippen molar-refractivity contribution in [2.45, 2.75) is 24.9 Å². The number of hydrogen-bond acceptors (Lipinski definition) is 5. The number of nitrogens with one attached hydrogen (secondary N) is 1. The number of aliphatic hydroxyl groups is 1. The maximum absolute atomic E-state index is 12.7. The van der Waals surface area contributed by atoms with Gasteiger partial charge in [0.25, 0.3) is 5.91 Å². The first-order valence-electron chi connectivity index (χ1n) is 6.14. The van der Waals surface area contributed by atoms with Crippen LogP contribution in [0.15, 0.2) is 18.2 Å². The minimum atomic E-state index is -5.41. The van der Waals surface area contributed by atoms with Crippen molar-refractivity contribution < 1.29 is 45.8 Å². The third-order valence-corrected chi connectivity index (χ3v) is 2.84. The number of amides is 2. The van der Waals surface area contributed by atoms with Crippen LogP contribution >= 0.6 is 0 Å². The zero-order valence-corrected chi connectivity index (χ0v) is 12.1. The number of nitrogens with zero attached hydrogens (tertiary/aromatic N) is 1. The molecule has 0 aliphatic heterocycles. The molecule has 6 nitrogen and oxygen atoms in total. The zero-order chi connectivity index (χ0) is 19.6. The number of carbonyl (C=O) groups is 2. The Labute approximate surface area is 135 Å². The van der Waals surface area contributed by atoms with Crippen molar-refractivity contribution in [2.24, 2.45) is 0 Å². The first-order valence-corrected chi connectivity index (χ1v) is 6.14. The topological polar surface area (TPSA) is 99.4 Å². The third kappa shape index (κ3) is 4.60. The van der Waals surface area contributed by atoms with Crippen molar-refractivity contribution in [3.63, 3.8) is 0 Å². The second-order valence-electron chi connectivity index (χ2n) is 4.73. The second kappa shape index (κ2) is 6.60. The molecule has 1 aromatic carbocycles. The molecule has 1 atom stereocenters. The molecule has 0 aliphatic carbocycles. The van der Waals surface area contributed by atoms with Gasteiger partial charge >= 0.3 is 18.4 Å². The minimum Gasteiger partial charge on any atom is -0.410 e. The molecule has 0 heterocycles. The van der Waals surface area contributed by atoms with E-state index in [-0.39, 0.29) is 13.0 Å². The molecule has 0 spiro atoms. The Balaban J connectivity index is 2.96. The standard InChI is InChI=1S/C13H8F6N2O4/c1-11(24,13(17,18)19)9(22)21-10(23)25-7-3-2-6(5-20)8(4-7)12(14,15)16/h2-4,24H,1H3,(H,21,22,23). The van der Waals surface area contributed by atoms with Crippen LogP contribution in [0.3, 0.4) is 0 Å². The maximum atomic E-state index is 12.7. The Bertz CT molecular complexity index is 734. The fourth-order valence-corrected chi connectivity index (χ4v) is 1.39. The van der Waals surface area contributed by atoms with Crippen molar-refractivity contribution in [3.8, 4) is 11.8 Å². The normalized spacial score (nSPS) is 14.2. The summed E-state index contributed by atoms with van der Waals surface area (Å²) in [5.74, 6) is -2.97. The second-order valence-corrected chi connectivity index (χ2v) is 4.73. The number of alkyl halides is 6. The van der Waals surface area contributed by atoms with Crippen LogP contribution in [0, 0.1) is 11.3 Å². The fourth-order valence-electron chi connectivity index (χ4n) is 1.39. The largest absolute Gasteiger partial charge is 0.426 e. The predicted octanol–water partition coefficient (Wildman–Crippen LogP) is 2.51. The van der Waals surface area contributed by atoms with Crippen LogP contribution in [0.4, 0.5) is 31.1 Å². The van der Waals surface area contributed by atoms with E-state index in [0.29, 0.717) is 6.07 Å². The third-order valence-electron chi connectivity index (χ3n) is 2.84. The van der Waals surface area contributed by atoms with Crippen LogP contribution in [0.2, 0.25) is 0 Å². The van der Waals surface area contributed by atoms with Gasteiger partial charge < -0.3 is 9.84 Å². The van der Waals surface area contributed by atoms with Gasteiger partial charge in [0.05, 0.1) is 17.2 Å². The number of imide groups is 1. The van der Waals surface area contributed by atoms with Crippen molar-refractivity contribution in [1.82, 2.24) is 5.32 Å². The lowest BCUT2D eigenvalue weighted by Crippen LogP contribution is -2.56. The van der Waals surface area contributed by atoms with Crippen molar-refractivity contribution in [1.29, 1.82) is 5.26 Å². The molecule has 0 aliphatic rings. The zero-order valence-electron chi connectivity index (χ0n) is 12.1. The van der Waals surface area contributed by atoms with Crippen molar-refractivity contribution in [2.75, 3.05) is 0 Å². The maximum Gasteiger partial charge on any atom is 0.426 e. The molecule has 0 radical (unpaired) electrons. The first-order chi connectivity index (χ1) is 11.2. The van der Waals surface area contributed by atoms with E-state index in [1.807, 2.05) is 0 Å². The molecule has 0 aromatic heterocycles. The first kappa shape index (κ1) is 20.2. The van der Waals surface area contributed by atoms with Crippen LogP contribution in [0.1, 0.15) is 18.1 Å². The Hall–Kier alpha value is -2.81. The molecule has 0 bridgehead atoms. The summed E-state index contributed by atoms with van der Waals surface area (Å²) in [7, 11) is 0. The van der Waals surface area contributed by atoms with E-state index in [2.05, 4.69) is 4.74 Å². The van der Waals surface area contributed by atoms with E-state index in [1.165, 1.54) is 6.07 Å². The lowest BCUT2D eigenvalue weighted by atomic mass is 10.1. The van der Waals surface area contributed by atoms with Gasteiger partial charge in [0.1, 0.15) is 5.75 Å². The molecule has 136 valence electrons. The van der Waals surface area contributed by atoms with Crippen LogP contribution in [-0.4, -0.2) is 28.9 Å². The molecular formula is C13H8F6N2O4. The van der Waals surface area contributed by atoms with Gasteiger partial charge in [-0.3, -0.25) is 10.1 Å². The molecule has 2 amide bonds. The van der Waals surface area contributed by atoms with Crippen LogP contribution < -0.4 is 10.1 Å². The predicted molar refractivity (Wildman–Crippen MR) is 67.0 cm³/mol. The summed E-state index contributed by atoms with van der Waals surface area (Å²) in [5, 5.41) is 18.7. The van der Waals surface area contributed by atoms with Gasteiger partial charge in [-0.05, 0) is 25.1 Å². The van der Waals surface area contributed by atoms with Crippen molar-refractivity contribution >= 4 is 12.0 Å². The Morgan fingerprint density at radius 1 is 1.20 bits per heavy atom. The lowest BCUT2D eigenvalue weighted by Gasteiger charge is -2.24. The monoisotopic (exact) mass is 370 g/mol. The highest BCUT2D eigenvalue weighted by Crippen LogP contribution is 2.34. The Kier molecular flexibility index (Phi) is 5.34. The van der Waals surface area contributed by atoms with Gasteiger partial charge in [0.2, 0.25) is 5.60 Å². The lowest BCUT2D eigenvalue weighted by molar-refractivity contribution is -0.244. The highest BCUT2D eigenvalue weighted by molar-refractivity contribution is 5.97. The summed E-state index contributed by atoms with van der Waals surface area (Å²) in [4.78, 5) is 22.6. The quantitative estimate of drug-likeness (QED) is 0.780. The van der Waals surface area contributed by atoms with Crippen LogP contribution in [0.5, 0.6) is 5.75 Å². The van der Waals surface area contributed by atoms with E-state index in [1.54, 1.807) is 0 Å². The summed E-state index contributed by atoms with van der Waals surface area (Å²) >= 11 is 0. The molecule has 1 rings (SSSR count). The summed E-state index contributed by atoms with van der Waals surface area (Å²) in [6.07, 6.45) is -12.2. The number of benzene rings is 1.